The van der Waals surface area contributed by atoms with Crippen molar-refractivity contribution in [1.82, 2.24) is 16.0 Å². The van der Waals surface area contributed by atoms with E-state index in [2.05, 4.69) is 16.0 Å². The number of ether oxygens (including phenoxy) is 1. The van der Waals surface area contributed by atoms with Gasteiger partial charge in [0, 0.05) is 12.6 Å². The third-order valence-corrected chi connectivity index (χ3v) is 4.70. The molecule has 1 aliphatic rings. The van der Waals surface area contributed by atoms with Crippen LogP contribution in [0.2, 0.25) is 0 Å². The summed E-state index contributed by atoms with van der Waals surface area (Å²) in [6, 6.07) is 8.97. The molecule has 0 spiro atoms. The van der Waals surface area contributed by atoms with Gasteiger partial charge in [0.1, 0.15) is 11.8 Å². The van der Waals surface area contributed by atoms with Crippen LogP contribution in [0.3, 0.4) is 0 Å². The lowest BCUT2D eigenvalue weighted by Gasteiger charge is -2.20. The summed E-state index contributed by atoms with van der Waals surface area (Å²) in [4.78, 5) is 24.5. The van der Waals surface area contributed by atoms with Crippen molar-refractivity contribution < 1.29 is 14.3 Å². The Labute approximate surface area is 153 Å². The van der Waals surface area contributed by atoms with Crippen LogP contribution in [0.5, 0.6) is 5.75 Å². The van der Waals surface area contributed by atoms with Gasteiger partial charge in [-0.25, -0.2) is 0 Å². The molecule has 1 fully saturated rings. The van der Waals surface area contributed by atoms with E-state index in [0.717, 1.165) is 25.1 Å². The number of carbonyl (C=O) groups is 2. The molecule has 1 heterocycles. The predicted octanol–water partition coefficient (Wildman–Crippen LogP) is 1.17. The zero-order valence-electron chi connectivity index (χ0n) is 14.6. The topological polar surface area (TPSA) is 79.5 Å². The first kappa shape index (κ1) is 19.6. The van der Waals surface area contributed by atoms with Crippen molar-refractivity contribution >= 4 is 23.6 Å². The molecule has 0 saturated carbocycles. The summed E-state index contributed by atoms with van der Waals surface area (Å²) < 4.78 is 5.44. The number of benzene rings is 1. The normalized spacial score (nSPS) is 17.7. The van der Waals surface area contributed by atoms with Gasteiger partial charge in [0.2, 0.25) is 5.91 Å². The number of amides is 2. The Morgan fingerprint density at radius 2 is 2.16 bits per heavy atom. The molecule has 25 heavy (non-hydrogen) atoms. The molecule has 2 rings (SSSR count). The van der Waals surface area contributed by atoms with Crippen LogP contribution >= 0.6 is 11.8 Å². The van der Waals surface area contributed by atoms with Crippen molar-refractivity contribution in [3.63, 3.8) is 0 Å². The van der Waals surface area contributed by atoms with Gasteiger partial charge in [-0.2, -0.15) is 11.8 Å². The van der Waals surface area contributed by atoms with Crippen LogP contribution < -0.4 is 20.7 Å². The van der Waals surface area contributed by atoms with Crippen LogP contribution in [0.25, 0.3) is 0 Å². The largest absolute Gasteiger partial charge is 0.484 e. The smallest absolute Gasteiger partial charge is 0.258 e. The standard InChI is InChI=1S/C18H27N3O3S/c1-25-11-9-16(18(23)20-12-14-6-5-10-19-14)21-17(22)13-24-15-7-3-2-4-8-15/h2-4,7-8,14,16,19H,5-6,9-13H2,1H3,(H,20,23)(H,21,22). The molecule has 1 aromatic rings. The van der Waals surface area contributed by atoms with Gasteiger partial charge in [0.15, 0.2) is 6.61 Å². The Morgan fingerprint density at radius 1 is 1.36 bits per heavy atom. The summed E-state index contributed by atoms with van der Waals surface area (Å²) in [5.74, 6) is 1.02. The summed E-state index contributed by atoms with van der Waals surface area (Å²) in [5.41, 5.74) is 0. The monoisotopic (exact) mass is 365 g/mol. The lowest BCUT2D eigenvalue weighted by molar-refractivity contribution is -0.130. The van der Waals surface area contributed by atoms with E-state index in [1.807, 2.05) is 24.5 Å². The Bertz CT molecular complexity index is 536. The number of hydrogen-bond donors (Lipinski definition) is 3. The minimum atomic E-state index is -0.527. The van der Waals surface area contributed by atoms with Crippen LogP contribution in [-0.2, 0) is 9.59 Å². The maximum Gasteiger partial charge on any atom is 0.258 e. The molecular formula is C18H27N3O3S. The number of rotatable bonds is 10. The number of thioether (sulfide) groups is 1. The lowest BCUT2D eigenvalue weighted by Crippen LogP contribution is -2.50. The summed E-state index contributed by atoms with van der Waals surface area (Å²) in [6.07, 6.45) is 4.80. The van der Waals surface area contributed by atoms with Crippen LogP contribution in [0, 0.1) is 0 Å². The van der Waals surface area contributed by atoms with Crippen molar-refractivity contribution in [3.8, 4) is 5.75 Å². The second kappa shape index (κ2) is 11.0. The van der Waals surface area contributed by atoms with Crippen molar-refractivity contribution in [2.24, 2.45) is 0 Å². The summed E-state index contributed by atoms with van der Waals surface area (Å²) >= 11 is 1.65. The highest BCUT2D eigenvalue weighted by molar-refractivity contribution is 7.98. The molecule has 7 heteroatoms. The minimum Gasteiger partial charge on any atom is -0.484 e. The zero-order chi connectivity index (χ0) is 17.9. The van der Waals surface area contributed by atoms with Gasteiger partial charge < -0.3 is 20.7 Å². The fraction of sp³-hybridized carbons (Fsp3) is 0.556. The molecule has 2 amide bonds. The minimum absolute atomic E-state index is 0.1000. The second-order valence-electron chi connectivity index (χ2n) is 6.04. The highest BCUT2D eigenvalue weighted by Crippen LogP contribution is 2.08. The SMILES string of the molecule is CSCCC(NC(=O)COc1ccccc1)C(=O)NCC1CCCN1. The number of carbonyl (C=O) groups excluding carboxylic acids is 2. The van der Waals surface area contributed by atoms with E-state index in [0.29, 0.717) is 24.8 Å². The van der Waals surface area contributed by atoms with E-state index in [-0.39, 0.29) is 18.4 Å². The molecular weight excluding hydrogens is 338 g/mol. The van der Waals surface area contributed by atoms with Crippen LogP contribution in [0.4, 0.5) is 0 Å². The number of nitrogens with one attached hydrogen (secondary N) is 3. The molecule has 0 aliphatic carbocycles. The van der Waals surface area contributed by atoms with Gasteiger partial charge in [-0.05, 0) is 49.9 Å². The fourth-order valence-electron chi connectivity index (χ4n) is 2.68. The molecule has 1 saturated heterocycles. The average molecular weight is 365 g/mol. The van der Waals surface area contributed by atoms with Crippen molar-refractivity contribution in [3.05, 3.63) is 30.3 Å². The predicted molar refractivity (Wildman–Crippen MR) is 101 cm³/mol. The highest BCUT2D eigenvalue weighted by Gasteiger charge is 2.22. The average Bonchev–Trinajstić information content (AvgIpc) is 3.16. The maximum absolute atomic E-state index is 12.4. The van der Waals surface area contributed by atoms with E-state index in [1.54, 1.807) is 23.9 Å². The van der Waals surface area contributed by atoms with E-state index < -0.39 is 6.04 Å². The van der Waals surface area contributed by atoms with Crippen LogP contribution in [0.1, 0.15) is 19.3 Å². The summed E-state index contributed by atoms with van der Waals surface area (Å²) in [7, 11) is 0. The molecule has 138 valence electrons. The van der Waals surface area contributed by atoms with Gasteiger partial charge >= 0.3 is 0 Å². The molecule has 0 radical (unpaired) electrons. The Kier molecular flexibility index (Phi) is 8.62. The van der Waals surface area contributed by atoms with Gasteiger partial charge in [-0.1, -0.05) is 18.2 Å². The quantitative estimate of drug-likeness (QED) is 0.580. The molecule has 2 unspecified atom stereocenters. The fourth-order valence-corrected chi connectivity index (χ4v) is 3.16. The summed E-state index contributed by atoms with van der Waals surface area (Å²) in [6.45, 7) is 1.51. The zero-order valence-corrected chi connectivity index (χ0v) is 15.4. The van der Waals surface area contributed by atoms with Gasteiger partial charge in [0.25, 0.3) is 5.91 Å². The van der Waals surface area contributed by atoms with Crippen LogP contribution in [-0.4, -0.2) is 55.6 Å². The third kappa shape index (κ3) is 7.36. The molecule has 0 aromatic heterocycles. The highest BCUT2D eigenvalue weighted by atomic mass is 32.2. The number of hydrogen-bond acceptors (Lipinski definition) is 5. The molecule has 2 atom stereocenters. The number of para-hydroxylation sites is 1. The molecule has 6 nitrogen and oxygen atoms in total. The van der Waals surface area contributed by atoms with E-state index in [4.69, 9.17) is 4.74 Å². The molecule has 3 N–H and O–H groups in total. The first-order valence-electron chi connectivity index (χ1n) is 8.66. The Hall–Kier alpha value is -1.73. The summed E-state index contributed by atoms with van der Waals surface area (Å²) in [5, 5.41) is 9.08. The van der Waals surface area contributed by atoms with Gasteiger partial charge in [0.05, 0.1) is 0 Å². The first-order chi connectivity index (χ1) is 12.2. The lowest BCUT2D eigenvalue weighted by atomic mass is 10.2. The second-order valence-corrected chi connectivity index (χ2v) is 7.03. The molecule has 1 aliphatic heterocycles. The van der Waals surface area contributed by atoms with Crippen LogP contribution in [0.15, 0.2) is 30.3 Å². The van der Waals surface area contributed by atoms with E-state index in [9.17, 15) is 9.59 Å². The molecule has 1 aromatic carbocycles. The van der Waals surface area contributed by atoms with E-state index in [1.165, 1.54) is 0 Å². The van der Waals surface area contributed by atoms with Crippen molar-refractivity contribution in [2.45, 2.75) is 31.3 Å². The first-order valence-corrected chi connectivity index (χ1v) is 10.1. The van der Waals surface area contributed by atoms with Gasteiger partial charge in [-0.3, -0.25) is 9.59 Å². The van der Waals surface area contributed by atoms with E-state index >= 15 is 0 Å². The Morgan fingerprint density at radius 3 is 2.84 bits per heavy atom. The molecule has 0 bridgehead atoms. The Balaban J connectivity index is 1.78. The van der Waals surface area contributed by atoms with Crippen molar-refractivity contribution in [1.29, 1.82) is 0 Å². The van der Waals surface area contributed by atoms with Gasteiger partial charge in [-0.15, -0.1) is 0 Å². The maximum atomic E-state index is 12.4. The third-order valence-electron chi connectivity index (χ3n) is 4.06. The van der Waals surface area contributed by atoms with Crippen molar-refractivity contribution in [2.75, 3.05) is 31.7 Å².